The van der Waals surface area contributed by atoms with Crippen LogP contribution in [0.2, 0.25) is 0 Å². The first-order chi connectivity index (χ1) is 18.3. The zero-order chi connectivity index (χ0) is 26.4. The van der Waals surface area contributed by atoms with Gasteiger partial charge in [-0.25, -0.2) is 19.9 Å². The minimum absolute atomic E-state index is 0.174. The van der Waals surface area contributed by atoms with E-state index < -0.39 is 11.7 Å². The molecule has 0 unspecified atom stereocenters. The maximum atomic E-state index is 13.2. The second-order valence-corrected chi connectivity index (χ2v) is 9.76. The molecule has 3 aromatic heterocycles. The fourth-order valence-corrected chi connectivity index (χ4v) is 4.63. The van der Waals surface area contributed by atoms with Gasteiger partial charge in [-0.05, 0) is 56.4 Å². The van der Waals surface area contributed by atoms with Crippen molar-refractivity contribution in [3.8, 4) is 23.0 Å². The Morgan fingerprint density at radius 2 is 1.87 bits per heavy atom. The van der Waals surface area contributed by atoms with Crippen molar-refractivity contribution in [2.24, 2.45) is 5.92 Å². The molecule has 6 rings (SSSR count). The third-order valence-electron chi connectivity index (χ3n) is 6.82. The molecule has 2 aromatic carbocycles. The molecule has 0 saturated heterocycles. The first-order valence-corrected chi connectivity index (χ1v) is 12.4. The van der Waals surface area contributed by atoms with E-state index in [1.807, 2.05) is 35.8 Å². The Kier molecular flexibility index (Phi) is 5.85. The van der Waals surface area contributed by atoms with Crippen LogP contribution in [0.15, 0.2) is 54.9 Å². The van der Waals surface area contributed by atoms with Gasteiger partial charge in [-0.15, -0.1) is 0 Å². The number of hydrogen-bond acceptors (Lipinski definition) is 6. The molecule has 3 heterocycles. The molecule has 0 bridgehead atoms. The van der Waals surface area contributed by atoms with Crippen molar-refractivity contribution in [2.75, 3.05) is 5.32 Å². The number of halogens is 3. The Bertz CT molecular complexity index is 1590. The smallest absolute Gasteiger partial charge is 0.365 e. The van der Waals surface area contributed by atoms with Crippen molar-refractivity contribution in [2.45, 2.75) is 45.5 Å². The zero-order valence-corrected chi connectivity index (χ0v) is 20.8. The van der Waals surface area contributed by atoms with Crippen molar-refractivity contribution in [3.63, 3.8) is 0 Å². The lowest BCUT2D eigenvalue weighted by molar-refractivity contribution is -0.137. The molecule has 11 heteroatoms. The molecule has 1 saturated carbocycles. The fourth-order valence-electron chi connectivity index (χ4n) is 4.63. The number of aromatic nitrogens is 7. The number of nitrogens with zero attached hydrogens (tertiary/aromatic N) is 6. The molecule has 0 amide bonds. The number of aryl methyl sites for hydroxylation is 1. The van der Waals surface area contributed by atoms with Crippen LogP contribution in [-0.4, -0.2) is 40.7 Å². The van der Waals surface area contributed by atoms with Crippen LogP contribution >= 0.6 is 0 Å². The summed E-state index contributed by atoms with van der Waals surface area (Å²) in [5.74, 6) is 2.57. The van der Waals surface area contributed by atoms with Crippen LogP contribution in [0.1, 0.15) is 36.5 Å². The summed E-state index contributed by atoms with van der Waals surface area (Å²) in [6.07, 6.45) is -0.703. The van der Waals surface area contributed by atoms with Gasteiger partial charge in [0.25, 0.3) is 0 Å². The van der Waals surface area contributed by atoms with E-state index in [2.05, 4.69) is 27.4 Å². The third kappa shape index (κ3) is 4.71. The summed E-state index contributed by atoms with van der Waals surface area (Å²) in [6.45, 7) is 4.41. The molecule has 0 aliphatic heterocycles. The third-order valence-corrected chi connectivity index (χ3v) is 6.82. The Morgan fingerprint density at radius 3 is 2.53 bits per heavy atom. The number of alkyl halides is 3. The second-order valence-electron chi connectivity index (χ2n) is 9.76. The van der Waals surface area contributed by atoms with E-state index in [4.69, 9.17) is 15.0 Å². The van der Waals surface area contributed by atoms with Crippen molar-refractivity contribution in [1.82, 2.24) is 34.7 Å². The van der Waals surface area contributed by atoms with Crippen LogP contribution in [0, 0.1) is 12.8 Å². The summed E-state index contributed by atoms with van der Waals surface area (Å²) in [5, 5.41) is 10.3. The summed E-state index contributed by atoms with van der Waals surface area (Å²) < 4.78 is 41.5. The van der Waals surface area contributed by atoms with E-state index in [0.29, 0.717) is 45.9 Å². The summed E-state index contributed by atoms with van der Waals surface area (Å²) in [5.41, 5.74) is 3.09. The minimum atomic E-state index is -4.39. The summed E-state index contributed by atoms with van der Waals surface area (Å²) in [4.78, 5) is 18.6. The maximum Gasteiger partial charge on any atom is 0.416 e. The predicted molar refractivity (Wildman–Crippen MR) is 137 cm³/mol. The molecule has 1 atom stereocenters. The fraction of sp³-hybridized carbons (Fsp3) is 0.296. The number of anilines is 1. The van der Waals surface area contributed by atoms with Gasteiger partial charge >= 0.3 is 6.18 Å². The molecule has 194 valence electrons. The Hall–Kier alpha value is -4.28. The van der Waals surface area contributed by atoms with Gasteiger partial charge in [-0.3, -0.25) is 5.10 Å². The van der Waals surface area contributed by atoms with Gasteiger partial charge in [-0.2, -0.15) is 18.3 Å². The second kappa shape index (κ2) is 9.23. The van der Waals surface area contributed by atoms with E-state index in [1.54, 1.807) is 0 Å². The van der Waals surface area contributed by atoms with E-state index in [1.165, 1.54) is 18.5 Å². The standard InChI is InChI=1S/C27H25F3N8/c1-15-4-3-5-19(12-15)26-36-23-21(38(26)13-17-6-10-20(11-7-17)27(28,29)30)22(33-16(2)18-8-9-18)34-25(35-23)24-31-14-32-37-24/h3-7,10-12,14,16,18H,8-9,13H2,1-2H3,(H,31,32,37)(H,33,34,35)/t16-/m1/s1. The maximum absolute atomic E-state index is 13.2. The van der Waals surface area contributed by atoms with Crippen molar-refractivity contribution < 1.29 is 13.2 Å². The Morgan fingerprint density at radius 1 is 1.08 bits per heavy atom. The van der Waals surface area contributed by atoms with E-state index in [-0.39, 0.29) is 12.6 Å². The molecular formula is C27H25F3N8. The molecule has 2 N–H and O–H groups in total. The molecule has 38 heavy (non-hydrogen) atoms. The number of hydrogen-bond donors (Lipinski definition) is 2. The van der Waals surface area contributed by atoms with Crippen molar-refractivity contribution in [3.05, 3.63) is 71.5 Å². The number of H-pyrrole nitrogens is 1. The van der Waals surface area contributed by atoms with Gasteiger partial charge in [-0.1, -0.05) is 35.9 Å². The highest BCUT2D eigenvalue weighted by atomic mass is 19.4. The average molecular weight is 519 g/mol. The van der Waals surface area contributed by atoms with Gasteiger partial charge in [0.1, 0.15) is 17.7 Å². The first-order valence-electron chi connectivity index (χ1n) is 12.4. The number of fused-ring (bicyclic) bond motifs is 1. The van der Waals surface area contributed by atoms with E-state index in [0.717, 1.165) is 36.1 Å². The van der Waals surface area contributed by atoms with Crippen LogP contribution < -0.4 is 5.32 Å². The number of nitrogens with one attached hydrogen (secondary N) is 2. The molecule has 8 nitrogen and oxygen atoms in total. The van der Waals surface area contributed by atoms with Gasteiger partial charge in [0.05, 0.1) is 5.56 Å². The molecule has 5 aromatic rings. The number of benzene rings is 2. The molecule has 0 spiro atoms. The quantitative estimate of drug-likeness (QED) is 0.280. The highest BCUT2D eigenvalue weighted by Crippen LogP contribution is 2.36. The Labute approximate surface area is 216 Å². The zero-order valence-electron chi connectivity index (χ0n) is 20.8. The summed E-state index contributed by atoms with van der Waals surface area (Å²) >= 11 is 0. The summed E-state index contributed by atoms with van der Waals surface area (Å²) in [7, 11) is 0. The van der Waals surface area contributed by atoms with Crippen LogP contribution in [0.25, 0.3) is 34.2 Å². The van der Waals surface area contributed by atoms with Gasteiger partial charge in [0.15, 0.2) is 17.3 Å². The highest BCUT2D eigenvalue weighted by Gasteiger charge is 2.31. The minimum Gasteiger partial charge on any atom is -0.365 e. The number of rotatable bonds is 7. The van der Waals surface area contributed by atoms with Crippen LogP contribution in [-0.2, 0) is 12.7 Å². The number of imidazole rings is 1. The van der Waals surface area contributed by atoms with E-state index in [9.17, 15) is 13.2 Å². The molecule has 1 fully saturated rings. The Balaban J connectivity index is 1.54. The SMILES string of the molecule is Cc1cccc(-c2nc3nc(-c4ncn[nH]4)nc(N[C@H](C)C4CC4)c3n2Cc2ccc(C(F)(F)F)cc2)c1. The first kappa shape index (κ1) is 24.1. The molecule has 1 aliphatic rings. The monoisotopic (exact) mass is 518 g/mol. The van der Waals surface area contributed by atoms with Crippen LogP contribution in [0.4, 0.5) is 19.0 Å². The van der Waals surface area contributed by atoms with E-state index >= 15 is 0 Å². The lowest BCUT2D eigenvalue weighted by Gasteiger charge is -2.17. The lowest BCUT2D eigenvalue weighted by atomic mass is 10.1. The average Bonchev–Trinajstić information content (AvgIpc) is 3.47. The van der Waals surface area contributed by atoms with Gasteiger partial charge < -0.3 is 9.88 Å². The normalized spacial score (nSPS) is 14.7. The highest BCUT2D eigenvalue weighted by molar-refractivity contribution is 5.88. The van der Waals surface area contributed by atoms with Crippen molar-refractivity contribution in [1.29, 1.82) is 0 Å². The van der Waals surface area contributed by atoms with Gasteiger partial charge in [0.2, 0.25) is 5.82 Å². The molecule has 1 aliphatic carbocycles. The predicted octanol–water partition coefficient (Wildman–Crippen LogP) is 5.86. The van der Waals surface area contributed by atoms with Gasteiger partial charge in [0, 0.05) is 18.2 Å². The van der Waals surface area contributed by atoms with Crippen molar-refractivity contribution >= 4 is 17.0 Å². The summed E-state index contributed by atoms with van der Waals surface area (Å²) in [6, 6.07) is 13.3. The van der Waals surface area contributed by atoms with Crippen LogP contribution in [0.3, 0.4) is 0 Å². The molecule has 0 radical (unpaired) electrons. The number of aromatic amines is 1. The molecular weight excluding hydrogens is 493 g/mol. The topological polar surface area (TPSA) is 97.2 Å². The largest absolute Gasteiger partial charge is 0.416 e. The lowest BCUT2D eigenvalue weighted by Crippen LogP contribution is -2.19. The van der Waals surface area contributed by atoms with Crippen LogP contribution in [0.5, 0.6) is 0 Å².